The number of methoxy groups -OCH3 is 1. The van der Waals surface area contributed by atoms with Crippen molar-refractivity contribution in [2.24, 2.45) is 0 Å². The molecule has 0 aliphatic heterocycles. The highest BCUT2D eigenvalue weighted by Gasteiger charge is 2.26. The van der Waals surface area contributed by atoms with Crippen molar-refractivity contribution in [3.05, 3.63) is 47.1 Å². The Morgan fingerprint density at radius 2 is 2.10 bits per heavy atom. The summed E-state index contributed by atoms with van der Waals surface area (Å²) in [4.78, 5) is 23.3. The first kappa shape index (κ1) is 20.8. The number of ether oxygens (including phenoxy) is 1. The molecule has 3 aromatic rings. The lowest BCUT2D eigenvalue weighted by Gasteiger charge is -2.18. The molecule has 0 saturated heterocycles. The number of rotatable bonds is 7. The summed E-state index contributed by atoms with van der Waals surface area (Å²) in [6.45, 7) is -0.451. The lowest BCUT2D eigenvalue weighted by atomic mass is 10.2. The standard InChI is InChI=1S/C18H17ClN4O5S/c1-23(9-17(25)21-13-3-4-15(28-2)14(19)7-13)29(26,27)16-6-11(10-24)5-12-8-20-22-18(12)16/h3-8,10H,9H2,1-2H3,(H,20,22)(H,21,25). The number of hydrogen-bond donors (Lipinski definition) is 2. The highest BCUT2D eigenvalue weighted by molar-refractivity contribution is 7.89. The largest absolute Gasteiger partial charge is 0.495 e. The number of hydrogen-bond acceptors (Lipinski definition) is 6. The molecule has 0 aliphatic rings. The van der Waals surface area contributed by atoms with Crippen LogP contribution in [0, 0.1) is 0 Å². The number of nitrogens with zero attached hydrogens (tertiary/aromatic N) is 2. The van der Waals surface area contributed by atoms with E-state index in [1.807, 2.05) is 0 Å². The molecule has 1 aromatic heterocycles. The number of halogens is 1. The summed E-state index contributed by atoms with van der Waals surface area (Å²) in [5.74, 6) is -0.118. The van der Waals surface area contributed by atoms with E-state index in [0.717, 1.165) is 4.31 Å². The van der Waals surface area contributed by atoms with E-state index in [2.05, 4.69) is 15.5 Å². The number of fused-ring (bicyclic) bond motifs is 1. The smallest absolute Gasteiger partial charge is 0.245 e. The van der Waals surface area contributed by atoms with Gasteiger partial charge in [-0.15, -0.1) is 0 Å². The van der Waals surface area contributed by atoms with Gasteiger partial charge in [0.15, 0.2) is 0 Å². The van der Waals surface area contributed by atoms with Gasteiger partial charge in [0.25, 0.3) is 0 Å². The maximum absolute atomic E-state index is 13.0. The molecule has 11 heteroatoms. The second-order valence-corrected chi connectivity index (χ2v) is 8.55. The first-order valence-electron chi connectivity index (χ1n) is 8.28. The van der Waals surface area contributed by atoms with E-state index in [-0.39, 0.29) is 16.0 Å². The van der Waals surface area contributed by atoms with Crippen LogP contribution in [-0.4, -0.2) is 55.8 Å². The van der Waals surface area contributed by atoms with Crippen molar-refractivity contribution in [2.45, 2.75) is 4.90 Å². The molecule has 2 aromatic carbocycles. The number of H-pyrrole nitrogens is 1. The van der Waals surface area contributed by atoms with Crippen molar-refractivity contribution in [1.82, 2.24) is 14.5 Å². The molecule has 0 radical (unpaired) electrons. The molecule has 0 saturated carbocycles. The third-order valence-corrected chi connectivity index (χ3v) is 6.28. The van der Waals surface area contributed by atoms with Gasteiger partial charge in [-0.1, -0.05) is 11.6 Å². The fourth-order valence-electron chi connectivity index (χ4n) is 2.72. The third-order valence-electron chi connectivity index (χ3n) is 4.16. The zero-order valence-corrected chi connectivity index (χ0v) is 17.0. The Morgan fingerprint density at radius 1 is 1.34 bits per heavy atom. The summed E-state index contributed by atoms with van der Waals surface area (Å²) < 4.78 is 31.9. The van der Waals surface area contributed by atoms with E-state index in [0.29, 0.717) is 28.1 Å². The predicted molar refractivity (Wildman–Crippen MR) is 108 cm³/mol. The summed E-state index contributed by atoms with van der Waals surface area (Å²) in [6.07, 6.45) is 1.97. The second kappa shape index (κ2) is 8.19. The minimum Gasteiger partial charge on any atom is -0.495 e. The van der Waals surface area contributed by atoms with Crippen LogP contribution in [0.4, 0.5) is 5.69 Å². The molecule has 2 N–H and O–H groups in total. The van der Waals surface area contributed by atoms with E-state index in [4.69, 9.17) is 16.3 Å². The van der Waals surface area contributed by atoms with Crippen molar-refractivity contribution in [1.29, 1.82) is 0 Å². The van der Waals surface area contributed by atoms with E-state index < -0.39 is 22.5 Å². The van der Waals surface area contributed by atoms with E-state index in [1.165, 1.54) is 38.6 Å². The number of aldehydes is 1. The molecule has 0 spiro atoms. The number of aromatic nitrogens is 2. The van der Waals surface area contributed by atoms with Crippen LogP contribution in [-0.2, 0) is 14.8 Å². The van der Waals surface area contributed by atoms with Crippen molar-refractivity contribution in [2.75, 3.05) is 26.0 Å². The monoisotopic (exact) mass is 436 g/mol. The van der Waals surface area contributed by atoms with Crippen molar-refractivity contribution < 1.29 is 22.7 Å². The van der Waals surface area contributed by atoms with Crippen molar-refractivity contribution >= 4 is 50.4 Å². The highest BCUT2D eigenvalue weighted by atomic mass is 35.5. The van der Waals surface area contributed by atoms with E-state index in [9.17, 15) is 18.0 Å². The summed E-state index contributed by atoms with van der Waals surface area (Å²) >= 11 is 6.02. The number of benzene rings is 2. The number of amides is 1. The SMILES string of the molecule is COc1ccc(NC(=O)CN(C)S(=O)(=O)c2cc(C=O)cc3cn[nH]c23)cc1Cl. The van der Waals surface area contributed by atoms with Crippen LogP contribution in [0.15, 0.2) is 41.4 Å². The first-order chi connectivity index (χ1) is 13.8. The quantitative estimate of drug-likeness (QED) is 0.548. The summed E-state index contributed by atoms with van der Waals surface area (Å²) in [7, 11) is -1.34. The molecular weight excluding hydrogens is 420 g/mol. The minimum atomic E-state index is -4.08. The van der Waals surface area contributed by atoms with Gasteiger partial charge in [0, 0.05) is 23.7 Å². The molecule has 0 unspecified atom stereocenters. The Morgan fingerprint density at radius 3 is 2.76 bits per heavy atom. The Balaban J connectivity index is 1.82. The molecular formula is C18H17ClN4O5S. The van der Waals surface area contributed by atoms with Crippen LogP contribution in [0.5, 0.6) is 5.75 Å². The molecule has 0 fully saturated rings. The second-order valence-electron chi connectivity index (χ2n) is 6.13. The molecule has 1 amide bonds. The predicted octanol–water partition coefficient (Wildman–Crippen LogP) is 2.30. The van der Waals surface area contributed by atoms with E-state index in [1.54, 1.807) is 12.1 Å². The zero-order valence-electron chi connectivity index (χ0n) is 15.5. The Hall–Kier alpha value is -2.95. The molecule has 3 rings (SSSR count). The van der Waals surface area contributed by atoms with Gasteiger partial charge in [-0.05, 0) is 30.3 Å². The van der Waals surface area contributed by atoms with Crippen LogP contribution in [0.1, 0.15) is 10.4 Å². The fourth-order valence-corrected chi connectivity index (χ4v) is 4.31. The van der Waals surface area contributed by atoms with Gasteiger partial charge in [-0.25, -0.2) is 8.42 Å². The summed E-state index contributed by atoms with van der Waals surface area (Å²) in [6, 6.07) is 7.41. The molecule has 0 atom stereocenters. The number of carbonyl (C=O) groups is 2. The average molecular weight is 437 g/mol. The number of likely N-dealkylation sites (N-methyl/N-ethyl adjacent to an activating group) is 1. The number of anilines is 1. The third kappa shape index (κ3) is 4.24. The minimum absolute atomic E-state index is 0.141. The van der Waals surface area contributed by atoms with Gasteiger partial charge in [-0.3, -0.25) is 14.7 Å². The average Bonchev–Trinajstić information content (AvgIpc) is 3.15. The molecule has 29 heavy (non-hydrogen) atoms. The number of aromatic amines is 1. The number of nitrogens with one attached hydrogen (secondary N) is 2. The molecule has 0 bridgehead atoms. The van der Waals surface area contributed by atoms with Crippen LogP contribution >= 0.6 is 11.6 Å². The van der Waals surface area contributed by atoms with Crippen LogP contribution in [0.25, 0.3) is 10.9 Å². The molecule has 0 aliphatic carbocycles. The van der Waals surface area contributed by atoms with Gasteiger partial charge in [-0.2, -0.15) is 9.40 Å². The Kier molecular flexibility index (Phi) is 5.87. The first-order valence-corrected chi connectivity index (χ1v) is 10.1. The van der Waals surface area contributed by atoms with Gasteiger partial charge in [0.1, 0.15) is 16.9 Å². The maximum atomic E-state index is 13.0. The zero-order chi connectivity index (χ0) is 21.2. The molecule has 9 nitrogen and oxygen atoms in total. The molecule has 1 heterocycles. The maximum Gasteiger partial charge on any atom is 0.245 e. The Bertz CT molecular complexity index is 1190. The highest BCUT2D eigenvalue weighted by Crippen LogP contribution is 2.28. The lowest BCUT2D eigenvalue weighted by Crippen LogP contribution is -2.35. The van der Waals surface area contributed by atoms with Crippen LogP contribution in [0.3, 0.4) is 0 Å². The number of sulfonamides is 1. The summed E-state index contributed by atoms with van der Waals surface area (Å²) in [5.41, 5.74) is 0.832. The normalized spacial score (nSPS) is 11.6. The Labute approximate surface area is 171 Å². The van der Waals surface area contributed by atoms with Crippen molar-refractivity contribution in [3.8, 4) is 5.75 Å². The van der Waals surface area contributed by atoms with Crippen LogP contribution in [0.2, 0.25) is 5.02 Å². The van der Waals surface area contributed by atoms with Gasteiger partial charge in [0.05, 0.1) is 30.4 Å². The van der Waals surface area contributed by atoms with Crippen molar-refractivity contribution in [3.63, 3.8) is 0 Å². The topological polar surface area (TPSA) is 121 Å². The summed E-state index contributed by atoms with van der Waals surface area (Å²) in [5, 5.41) is 9.79. The van der Waals surface area contributed by atoms with Gasteiger partial charge >= 0.3 is 0 Å². The van der Waals surface area contributed by atoms with Gasteiger partial charge < -0.3 is 10.1 Å². The number of carbonyl (C=O) groups excluding carboxylic acids is 2. The molecule has 152 valence electrons. The van der Waals surface area contributed by atoms with Gasteiger partial charge in [0.2, 0.25) is 15.9 Å². The lowest BCUT2D eigenvalue weighted by molar-refractivity contribution is -0.116. The fraction of sp³-hybridized carbons (Fsp3) is 0.167. The van der Waals surface area contributed by atoms with Crippen LogP contribution < -0.4 is 10.1 Å². The van der Waals surface area contributed by atoms with E-state index >= 15 is 0 Å².